The number of rotatable bonds is 18. The van der Waals surface area contributed by atoms with Crippen LogP contribution >= 0.6 is 11.8 Å². The molecule has 3 aromatic rings. The summed E-state index contributed by atoms with van der Waals surface area (Å²) in [6.45, 7) is 6.19. The number of esters is 1. The second kappa shape index (κ2) is 20.8. The summed E-state index contributed by atoms with van der Waals surface area (Å²) in [6, 6.07) is 8.89. The van der Waals surface area contributed by atoms with Crippen molar-refractivity contribution in [3.8, 4) is 6.07 Å². The van der Waals surface area contributed by atoms with Gasteiger partial charge in [0, 0.05) is 48.9 Å². The van der Waals surface area contributed by atoms with Gasteiger partial charge in [-0.05, 0) is 56.8 Å². The zero-order valence-corrected chi connectivity index (χ0v) is 32.2. The molecule has 18 heteroatoms. The van der Waals surface area contributed by atoms with Gasteiger partial charge in [0.1, 0.15) is 30.1 Å². The van der Waals surface area contributed by atoms with E-state index in [2.05, 4.69) is 20.3 Å². The van der Waals surface area contributed by atoms with Gasteiger partial charge in [-0.15, -0.1) is 11.8 Å². The number of aromatic nitrogens is 3. The minimum atomic E-state index is -1.91. The summed E-state index contributed by atoms with van der Waals surface area (Å²) in [5.41, 5.74) is -1.59. The number of carbonyl (C=O) groups excluding carboxylic acids is 3. The van der Waals surface area contributed by atoms with Crippen molar-refractivity contribution in [1.82, 2.24) is 25.0 Å². The first-order valence-electron chi connectivity index (χ1n) is 18.2. The molecule has 57 heavy (non-hydrogen) atoms. The van der Waals surface area contributed by atoms with Crippen LogP contribution in [0.2, 0.25) is 0 Å². The molecule has 3 heterocycles. The average Bonchev–Trinajstić information content (AvgIpc) is 3.67. The molecule has 0 spiro atoms. The lowest BCUT2D eigenvalue weighted by Crippen LogP contribution is -2.47. The maximum Gasteiger partial charge on any atom is 0.512 e. The van der Waals surface area contributed by atoms with Crippen LogP contribution in [-0.4, -0.2) is 100 Å². The summed E-state index contributed by atoms with van der Waals surface area (Å²) in [5, 5.41) is 14.6. The molecule has 0 radical (unpaired) electrons. The number of hydrogen-bond donors (Lipinski definition) is 1. The highest BCUT2D eigenvalue weighted by Crippen LogP contribution is 2.42. The van der Waals surface area contributed by atoms with E-state index in [9.17, 15) is 23.2 Å². The van der Waals surface area contributed by atoms with Crippen LogP contribution in [0.3, 0.4) is 0 Å². The summed E-state index contributed by atoms with van der Waals surface area (Å²) in [5.74, 6) is -3.51. The molecule has 2 aliphatic rings. The van der Waals surface area contributed by atoms with E-state index in [1.165, 1.54) is 54.2 Å². The Morgan fingerprint density at radius 1 is 1.07 bits per heavy atom. The van der Waals surface area contributed by atoms with Crippen molar-refractivity contribution in [2.75, 3.05) is 39.4 Å². The Bertz CT molecular complexity index is 1930. The van der Waals surface area contributed by atoms with Gasteiger partial charge in [-0.3, -0.25) is 9.59 Å². The molecule has 1 amide bonds. The molecule has 0 aliphatic carbocycles. The average molecular weight is 813 g/mol. The Balaban J connectivity index is 1.22. The molecule has 304 valence electrons. The molecule has 0 saturated carbocycles. The van der Waals surface area contributed by atoms with Crippen LogP contribution in [0, 0.1) is 28.8 Å². The van der Waals surface area contributed by atoms with Gasteiger partial charge in [0.2, 0.25) is 12.2 Å². The molecule has 3 atom stereocenters. The zero-order valence-electron chi connectivity index (χ0n) is 31.4. The largest absolute Gasteiger partial charge is 0.512 e. The number of nitriles is 1. The molecule has 1 aromatic heterocycles. The lowest BCUT2D eigenvalue weighted by Gasteiger charge is -2.40. The topological polar surface area (TPSA) is 167 Å². The number of benzene rings is 2. The Morgan fingerprint density at radius 2 is 1.86 bits per heavy atom. The number of nitrogens with zero attached hydrogens (tertiary/aromatic N) is 5. The number of halogens is 3. The molecule has 14 nitrogen and oxygen atoms in total. The second-order valence-electron chi connectivity index (χ2n) is 13.2. The first-order valence-corrected chi connectivity index (χ1v) is 19.2. The third-order valence-corrected chi connectivity index (χ3v) is 10.5. The Labute approximate surface area is 331 Å². The van der Waals surface area contributed by atoms with Crippen molar-refractivity contribution in [1.29, 1.82) is 5.26 Å². The summed E-state index contributed by atoms with van der Waals surface area (Å²) in [7, 11) is 0. The molecule has 0 bridgehead atoms. The van der Waals surface area contributed by atoms with Gasteiger partial charge in [-0.25, -0.2) is 27.6 Å². The first-order chi connectivity index (χ1) is 27.4. The molecule has 5 rings (SSSR count). The third kappa shape index (κ3) is 12.6. The van der Waals surface area contributed by atoms with Crippen LogP contribution in [0.4, 0.5) is 18.0 Å². The molecule has 2 aromatic carbocycles. The van der Waals surface area contributed by atoms with E-state index in [1.54, 1.807) is 25.2 Å². The van der Waals surface area contributed by atoms with Gasteiger partial charge in [-0.2, -0.15) is 10.4 Å². The van der Waals surface area contributed by atoms with Crippen molar-refractivity contribution < 1.29 is 51.2 Å². The summed E-state index contributed by atoms with van der Waals surface area (Å²) >= 11 is 1.25. The van der Waals surface area contributed by atoms with Crippen LogP contribution in [-0.2, 0) is 45.4 Å². The van der Waals surface area contributed by atoms with E-state index in [4.69, 9.17) is 28.9 Å². The number of thioether (sulfide) groups is 1. The highest BCUT2D eigenvalue weighted by atomic mass is 32.2. The maximum absolute atomic E-state index is 15.7. The zero-order chi connectivity index (χ0) is 40.8. The van der Waals surface area contributed by atoms with Gasteiger partial charge >= 0.3 is 12.1 Å². The van der Waals surface area contributed by atoms with Crippen LogP contribution in [0.5, 0.6) is 0 Å². The van der Waals surface area contributed by atoms with E-state index < -0.39 is 53.0 Å². The predicted molar refractivity (Wildman–Crippen MR) is 200 cm³/mol. The molecular formula is C39H43F3N6O8S. The fraction of sp³-hybridized carbons (Fsp3) is 0.436. The van der Waals surface area contributed by atoms with Crippen molar-refractivity contribution in [3.05, 3.63) is 101 Å². The SMILES string of the molecule is CC(OC(=O)CCC(=O)NCCN1CCC1)OC(=O)OC(Cn1cncn1)(c1ccc(F)cc1F)C(C)SC1COC(C=CC=Cc2ccc(C#N)cc2F)OC1. The van der Waals surface area contributed by atoms with Gasteiger partial charge in [-0.1, -0.05) is 24.3 Å². The second-order valence-corrected chi connectivity index (χ2v) is 14.9. The van der Waals surface area contributed by atoms with Gasteiger partial charge in [0.05, 0.1) is 43.1 Å². The number of ether oxygens (including phenoxy) is 5. The molecule has 1 N–H and O–H groups in total. The maximum atomic E-state index is 15.7. The third-order valence-electron chi connectivity index (χ3n) is 9.06. The summed E-state index contributed by atoms with van der Waals surface area (Å²) in [4.78, 5) is 44.2. The first kappa shape index (κ1) is 42.9. The van der Waals surface area contributed by atoms with Gasteiger partial charge in [0.15, 0.2) is 11.9 Å². The minimum Gasteiger partial charge on any atom is -0.425 e. The van der Waals surface area contributed by atoms with Crippen molar-refractivity contribution in [3.63, 3.8) is 0 Å². The van der Waals surface area contributed by atoms with E-state index in [0.717, 1.165) is 44.3 Å². The van der Waals surface area contributed by atoms with Gasteiger partial charge < -0.3 is 33.9 Å². The normalized spacial score (nSPS) is 19.2. The number of amides is 1. The molecule has 2 fully saturated rings. The van der Waals surface area contributed by atoms with Crippen LogP contribution in [0.1, 0.15) is 49.8 Å². The number of carbonyl (C=O) groups is 3. The molecule has 2 aliphatic heterocycles. The fourth-order valence-corrected chi connectivity index (χ4v) is 7.33. The van der Waals surface area contributed by atoms with Crippen LogP contribution in [0.25, 0.3) is 6.08 Å². The Kier molecular flexibility index (Phi) is 15.7. The quantitative estimate of drug-likeness (QED) is 0.101. The lowest BCUT2D eigenvalue weighted by atomic mass is 9.89. The summed E-state index contributed by atoms with van der Waals surface area (Å²) in [6.07, 6.45) is 6.20. The molecular weight excluding hydrogens is 770 g/mol. The van der Waals surface area contributed by atoms with Crippen molar-refractivity contribution in [2.24, 2.45) is 0 Å². The van der Waals surface area contributed by atoms with Crippen LogP contribution < -0.4 is 5.32 Å². The molecule has 2 saturated heterocycles. The molecule has 3 unspecified atom stereocenters. The van der Waals surface area contributed by atoms with E-state index in [0.29, 0.717) is 18.2 Å². The summed E-state index contributed by atoms with van der Waals surface area (Å²) < 4.78 is 73.6. The van der Waals surface area contributed by atoms with E-state index >= 15 is 4.39 Å². The van der Waals surface area contributed by atoms with E-state index in [1.807, 2.05) is 6.07 Å². The van der Waals surface area contributed by atoms with Crippen LogP contribution in [0.15, 0.2) is 67.3 Å². The van der Waals surface area contributed by atoms with E-state index in [-0.39, 0.29) is 54.9 Å². The monoisotopic (exact) mass is 812 g/mol. The lowest BCUT2D eigenvalue weighted by molar-refractivity contribution is -0.172. The highest BCUT2D eigenvalue weighted by molar-refractivity contribution is 8.00. The smallest absolute Gasteiger partial charge is 0.425 e. The van der Waals surface area contributed by atoms with Crippen molar-refractivity contribution in [2.45, 2.75) is 68.3 Å². The minimum absolute atomic E-state index is 0.126. The van der Waals surface area contributed by atoms with Crippen molar-refractivity contribution >= 4 is 35.9 Å². The number of allylic oxidation sites excluding steroid dienone is 2. The fourth-order valence-electron chi connectivity index (χ4n) is 5.96. The Morgan fingerprint density at radius 3 is 2.53 bits per heavy atom. The standard InChI is InChI=1S/C39H43F3N6O8S/c1-26(57-31-21-52-37(53-22-31)7-4-3-6-29-9-8-28(20-43)18-33(29)41)39(23-48-25-44-24-46-48,32-11-10-30(40)19-34(32)42)56-38(51)55-27(2)54-36(50)13-12-35(49)45-14-17-47-15-5-16-47/h3-4,6-11,18-19,24-27,31,37H,5,12-17,21-23H2,1-2H3,(H,45,49). The number of hydrogen-bond acceptors (Lipinski definition) is 13. The Hall–Kier alpha value is -5.22. The predicted octanol–water partition coefficient (Wildman–Crippen LogP) is 5.24. The highest BCUT2D eigenvalue weighted by Gasteiger charge is 2.47. The van der Waals surface area contributed by atoms with Gasteiger partial charge in [0.25, 0.3) is 0 Å². The number of nitrogens with one attached hydrogen (secondary N) is 1. The number of likely N-dealkylation sites (tertiary alicyclic amines) is 1.